The fourth-order valence-electron chi connectivity index (χ4n) is 4.31. The van der Waals surface area contributed by atoms with Crippen molar-refractivity contribution in [1.29, 1.82) is 0 Å². The van der Waals surface area contributed by atoms with Crippen molar-refractivity contribution in [2.75, 3.05) is 6.61 Å². The van der Waals surface area contributed by atoms with Crippen LogP contribution >= 0.6 is 0 Å². The summed E-state index contributed by atoms with van der Waals surface area (Å²) in [4.78, 5) is 38.9. The molecule has 5 aromatic rings. The van der Waals surface area contributed by atoms with Gasteiger partial charge in [0.2, 0.25) is 0 Å². The summed E-state index contributed by atoms with van der Waals surface area (Å²) in [6, 6.07) is 23.5. The van der Waals surface area contributed by atoms with E-state index in [9.17, 15) is 24.1 Å². The van der Waals surface area contributed by atoms with E-state index in [2.05, 4.69) is 15.5 Å². The molecule has 1 aromatic heterocycles. The number of hydrazone groups is 1. The first-order chi connectivity index (χ1) is 20.4. The van der Waals surface area contributed by atoms with Gasteiger partial charge in [-0.05, 0) is 54.4 Å². The molecule has 4 aromatic carbocycles. The monoisotopic (exact) mass is 566 g/mol. The molecular weight excluding hydrogens is 543 g/mol. The topological polar surface area (TPSA) is 136 Å². The standard InChI is InChI=1S/C31H23FN4O6/c1-2-41-26-17-19(11-16-25(26)42-31(38)21-12-14-22(15-13-21)36(39)40)18-33-35-30(37)29-27(20-7-4-3-5-8-20)23-9-6-10-24(32)28(23)34-29/h3-18,34H,2H2,1H3,(H,35,37). The molecular formula is C31H23FN4O6. The van der Waals surface area contributed by atoms with Crippen LogP contribution in [0.1, 0.15) is 33.3 Å². The van der Waals surface area contributed by atoms with E-state index in [1.807, 2.05) is 30.3 Å². The number of rotatable bonds is 9. The van der Waals surface area contributed by atoms with Crippen molar-refractivity contribution in [1.82, 2.24) is 10.4 Å². The molecule has 0 bridgehead atoms. The fourth-order valence-corrected chi connectivity index (χ4v) is 4.31. The molecule has 2 N–H and O–H groups in total. The van der Waals surface area contributed by atoms with Gasteiger partial charge < -0.3 is 14.5 Å². The minimum Gasteiger partial charge on any atom is -0.490 e. The van der Waals surface area contributed by atoms with Crippen LogP contribution in [0.2, 0.25) is 0 Å². The lowest BCUT2D eigenvalue weighted by Crippen LogP contribution is -2.19. The van der Waals surface area contributed by atoms with Crippen molar-refractivity contribution in [3.8, 4) is 22.6 Å². The first-order valence-electron chi connectivity index (χ1n) is 12.8. The minimum absolute atomic E-state index is 0.128. The summed E-state index contributed by atoms with van der Waals surface area (Å²) >= 11 is 0. The second-order valence-electron chi connectivity index (χ2n) is 8.94. The molecule has 0 aliphatic rings. The number of nitro groups is 1. The Balaban J connectivity index is 1.34. The van der Waals surface area contributed by atoms with E-state index in [-0.39, 0.29) is 40.6 Å². The van der Waals surface area contributed by atoms with Crippen molar-refractivity contribution in [2.45, 2.75) is 6.92 Å². The van der Waals surface area contributed by atoms with Crippen LogP contribution in [-0.2, 0) is 0 Å². The minimum atomic E-state index is -0.719. The number of ether oxygens (including phenoxy) is 2. The average molecular weight is 567 g/mol. The first-order valence-corrected chi connectivity index (χ1v) is 12.8. The lowest BCUT2D eigenvalue weighted by atomic mass is 10.0. The number of benzene rings is 4. The van der Waals surface area contributed by atoms with Crippen molar-refractivity contribution in [3.05, 3.63) is 124 Å². The Kier molecular flexibility index (Phi) is 8.00. The van der Waals surface area contributed by atoms with Gasteiger partial charge in [0, 0.05) is 23.1 Å². The molecule has 0 saturated carbocycles. The molecule has 0 fully saturated rings. The number of esters is 1. The van der Waals surface area contributed by atoms with Crippen LogP contribution < -0.4 is 14.9 Å². The normalized spacial score (nSPS) is 11.0. The number of nitrogens with one attached hydrogen (secondary N) is 2. The third-order valence-electron chi connectivity index (χ3n) is 6.24. The number of nitro benzene ring substituents is 1. The van der Waals surface area contributed by atoms with Crippen molar-refractivity contribution >= 4 is 34.7 Å². The lowest BCUT2D eigenvalue weighted by molar-refractivity contribution is -0.384. The average Bonchev–Trinajstić information content (AvgIpc) is 3.40. The molecule has 5 rings (SSSR count). The molecule has 11 heteroatoms. The number of H-pyrrole nitrogens is 1. The van der Waals surface area contributed by atoms with E-state index in [0.29, 0.717) is 16.5 Å². The largest absolute Gasteiger partial charge is 0.490 e. The van der Waals surface area contributed by atoms with Crippen LogP contribution in [0.3, 0.4) is 0 Å². The number of amides is 1. The van der Waals surface area contributed by atoms with Gasteiger partial charge >= 0.3 is 5.97 Å². The predicted molar refractivity (Wildman–Crippen MR) is 154 cm³/mol. The molecule has 0 aliphatic carbocycles. The van der Waals surface area contributed by atoms with Crippen LogP contribution in [0.4, 0.5) is 10.1 Å². The number of hydrogen-bond acceptors (Lipinski definition) is 7. The summed E-state index contributed by atoms with van der Waals surface area (Å²) in [7, 11) is 0. The number of carbonyl (C=O) groups is 2. The zero-order valence-corrected chi connectivity index (χ0v) is 22.2. The zero-order valence-electron chi connectivity index (χ0n) is 22.2. The number of carbonyl (C=O) groups excluding carboxylic acids is 2. The maximum absolute atomic E-state index is 14.5. The van der Waals surface area contributed by atoms with E-state index in [4.69, 9.17) is 9.47 Å². The highest BCUT2D eigenvalue weighted by Crippen LogP contribution is 2.34. The van der Waals surface area contributed by atoms with Gasteiger partial charge in [0.05, 0.1) is 28.8 Å². The molecule has 0 aliphatic heterocycles. The van der Waals surface area contributed by atoms with E-state index >= 15 is 0 Å². The van der Waals surface area contributed by atoms with Gasteiger partial charge in [-0.2, -0.15) is 5.10 Å². The maximum atomic E-state index is 14.5. The van der Waals surface area contributed by atoms with Crippen LogP contribution in [-0.4, -0.2) is 34.6 Å². The van der Waals surface area contributed by atoms with E-state index in [1.165, 1.54) is 42.6 Å². The van der Waals surface area contributed by atoms with Crippen molar-refractivity contribution in [3.63, 3.8) is 0 Å². The Labute approximate surface area is 238 Å². The SMILES string of the molecule is CCOc1cc(C=NNC(=O)c2[nH]c3c(F)cccc3c2-c2ccccc2)ccc1OC(=O)c1ccc([N+](=O)[O-])cc1. The molecule has 210 valence electrons. The number of halogens is 1. The van der Waals surface area contributed by atoms with E-state index in [1.54, 1.807) is 31.2 Å². The Morgan fingerprint density at radius 1 is 1.00 bits per heavy atom. The van der Waals surface area contributed by atoms with Gasteiger partial charge in [0.1, 0.15) is 11.5 Å². The van der Waals surface area contributed by atoms with Gasteiger partial charge in [0.25, 0.3) is 11.6 Å². The summed E-state index contributed by atoms with van der Waals surface area (Å²) in [6.45, 7) is 2.04. The molecule has 42 heavy (non-hydrogen) atoms. The number of fused-ring (bicyclic) bond motifs is 1. The smallest absolute Gasteiger partial charge is 0.343 e. The second kappa shape index (κ2) is 12.1. The number of aromatic amines is 1. The van der Waals surface area contributed by atoms with Gasteiger partial charge in [-0.15, -0.1) is 0 Å². The second-order valence-corrected chi connectivity index (χ2v) is 8.94. The molecule has 0 atom stereocenters. The molecule has 1 heterocycles. The van der Waals surface area contributed by atoms with Gasteiger partial charge in [-0.25, -0.2) is 14.6 Å². The molecule has 0 radical (unpaired) electrons. The molecule has 1 amide bonds. The Hall–Kier alpha value is -5.84. The summed E-state index contributed by atoms with van der Waals surface area (Å²) < 4.78 is 25.6. The van der Waals surface area contributed by atoms with Crippen LogP contribution in [0.5, 0.6) is 11.5 Å². The summed E-state index contributed by atoms with van der Waals surface area (Å²) in [6.07, 6.45) is 1.38. The third-order valence-corrected chi connectivity index (χ3v) is 6.24. The quantitative estimate of drug-likeness (QED) is 0.0710. The molecule has 10 nitrogen and oxygen atoms in total. The summed E-state index contributed by atoms with van der Waals surface area (Å²) in [5.74, 6) is -1.39. The Morgan fingerprint density at radius 3 is 2.48 bits per heavy atom. The predicted octanol–water partition coefficient (Wildman–Crippen LogP) is 6.26. The van der Waals surface area contributed by atoms with Gasteiger partial charge in [-0.1, -0.05) is 42.5 Å². The van der Waals surface area contributed by atoms with E-state index < -0.39 is 22.6 Å². The van der Waals surface area contributed by atoms with Crippen molar-refractivity contribution < 1.29 is 28.4 Å². The molecule has 0 spiro atoms. The highest BCUT2D eigenvalue weighted by Gasteiger charge is 2.21. The van der Waals surface area contributed by atoms with Gasteiger partial charge in [0.15, 0.2) is 11.5 Å². The summed E-state index contributed by atoms with van der Waals surface area (Å²) in [5, 5.41) is 15.5. The van der Waals surface area contributed by atoms with Crippen molar-refractivity contribution in [2.24, 2.45) is 5.10 Å². The fraction of sp³-hybridized carbons (Fsp3) is 0.0645. The highest BCUT2D eigenvalue weighted by atomic mass is 19.1. The number of para-hydroxylation sites is 1. The number of non-ortho nitro benzene ring substituents is 1. The Morgan fingerprint density at radius 2 is 1.76 bits per heavy atom. The number of aromatic nitrogens is 1. The Bertz CT molecular complexity index is 1820. The van der Waals surface area contributed by atoms with Crippen LogP contribution in [0.15, 0.2) is 96.1 Å². The number of hydrogen-bond donors (Lipinski definition) is 2. The van der Waals surface area contributed by atoms with Crippen LogP contribution in [0.25, 0.3) is 22.0 Å². The molecule has 0 unspecified atom stereocenters. The molecule has 0 saturated heterocycles. The maximum Gasteiger partial charge on any atom is 0.343 e. The lowest BCUT2D eigenvalue weighted by Gasteiger charge is -2.11. The third kappa shape index (κ3) is 5.85. The number of nitrogens with zero attached hydrogens (tertiary/aromatic N) is 2. The van der Waals surface area contributed by atoms with Crippen LogP contribution in [0, 0.1) is 15.9 Å². The highest BCUT2D eigenvalue weighted by molar-refractivity contribution is 6.10. The van der Waals surface area contributed by atoms with Gasteiger partial charge in [-0.3, -0.25) is 14.9 Å². The first kappa shape index (κ1) is 27.7. The summed E-state index contributed by atoms with van der Waals surface area (Å²) in [5.41, 5.74) is 4.64. The van der Waals surface area contributed by atoms with E-state index in [0.717, 1.165) is 5.56 Å². The zero-order chi connectivity index (χ0) is 29.6.